The molecule has 1 aromatic carbocycles. The van der Waals surface area contributed by atoms with Gasteiger partial charge in [-0.2, -0.15) is 0 Å². The second-order valence-corrected chi connectivity index (χ2v) is 3.85. The summed E-state index contributed by atoms with van der Waals surface area (Å²) in [4.78, 5) is 0.227. The van der Waals surface area contributed by atoms with E-state index in [4.69, 9.17) is 5.14 Å². The van der Waals surface area contributed by atoms with Gasteiger partial charge in [-0.3, -0.25) is 5.14 Å². The number of benzene rings is 1. The highest BCUT2D eigenvalue weighted by atomic mass is 79.9. The van der Waals surface area contributed by atoms with Crippen LogP contribution in [0.25, 0.3) is 0 Å². The quantitative estimate of drug-likeness (QED) is 0.848. The summed E-state index contributed by atoms with van der Waals surface area (Å²) >= 11 is 3.73. The van der Waals surface area contributed by atoms with E-state index in [0.29, 0.717) is 16.4 Å². The molecule has 2 N–H and O–H groups in total. The van der Waals surface area contributed by atoms with E-state index in [1.165, 1.54) is 12.1 Å². The van der Waals surface area contributed by atoms with E-state index in [1.807, 2.05) is 0 Å². The molecule has 0 aromatic heterocycles. The van der Waals surface area contributed by atoms with E-state index in [1.54, 1.807) is 6.07 Å². The van der Waals surface area contributed by atoms with Crippen molar-refractivity contribution in [3.63, 3.8) is 0 Å². The van der Waals surface area contributed by atoms with Crippen molar-refractivity contribution in [2.45, 2.75) is 11.3 Å². The van der Waals surface area contributed by atoms with Crippen molar-refractivity contribution < 1.29 is 17.9 Å². The van der Waals surface area contributed by atoms with Crippen LogP contribution in [0.3, 0.4) is 0 Å². The summed E-state index contributed by atoms with van der Waals surface area (Å²) in [6.07, 6.45) is -4.70. The fourth-order valence-corrected chi connectivity index (χ4v) is 1.49. The molecule has 1 rings (SSSR count). The smallest absolute Gasteiger partial charge is 0.405 e. The molecule has 7 heteroatoms. The molecule has 78 valence electrons. The first-order chi connectivity index (χ1) is 6.42. The van der Waals surface area contributed by atoms with Crippen LogP contribution in [0.4, 0.5) is 13.2 Å². The molecule has 0 unspecified atom stereocenters. The zero-order valence-corrected chi connectivity index (χ0v) is 9.04. The molecule has 0 fully saturated rings. The van der Waals surface area contributed by atoms with Gasteiger partial charge in [0.1, 0.15) is 5.75 Å². The number of nitrogens with two attached hydrogens (primary N) is 1. The van der Waals surface area contributed by atoms with Gasteiger partial charge in [0.05, 0.1) is 4.90 Å². The Morgan fingerprint density at radius 3 is 2.50 bits per heavy atom. The van der Waals surface area contributed by atoms with E-state index in [2.05, 4.69) is 20.7 Å². The summed E-state index contributed by atoms with van der Waals surface area (Å²) in [6, 6.07) is 4.23. The molecule has 0 saturated heterocycles. The molecule has 0 bridgehead atoms. The molecule has 2 nitrogen and oxygen atoms in total. The first kappa shape index (κ1) is 11.7. The maximum atomic E-state index is 11.9. The Balaban J connectivity index is 2.99. The lowest BCUT2D eigenvalue weighted by Gasteiger charge is -2.11. The van der Waals surface area contributed by atoms with E-state index in [0.717, 1.165) is 0 Å². The Kier molecular flexibility index (Phi) is 3.68. The topological polar surface area (TPSA) is 35.2 Å². The van der Waals surface area contributed by atoms with Crippen molar-refractivity contribution >= 4 is 27.9 Å². The van der Waals surface area contributed by atoms with Crippen LogP contribution in [-0.4, -0.2) is 6.36 Å². The zero-order valence-electron chi connectivity index (χ0n) is 6.64. The van der Waals surface area contributed by atoms with Gasteiger partial charge in [0.2, 0.25) is 0 Å². The largest absolute Gasteiger partial charge is 0.573 e. The molecular formula is C7H5BrF3NOS. The molecule has 0 aliphatic heterocycles. The fraction of sp³-hybridized carbons (Fsp3) is 0.143. The van der Waals surface area contributed by atoms with Crippen LogP contribution in [0.15, 0.2) is 27.6 Å². The van der Waals surface area contributed by atoms with Crippen LogP contribution in [0.5, 0.6) is 5.75 Å². The average Bonchev–Trinajstić information content (AvgIpc) is 2.01. The lowest BCUT2D eigenvalue weighted by atomic mass is 10.3. The van der Waals surface area contributed by atoms with Crippen molar-refractivity contribution in [1.82, 2.24) is 0 Å². The molecule has 0 spiro atoms. The maximum Gasteiger partial charge on any atom is 0.573 e. The lowest BCUT2D eigenvalue weighted by Crippen LogP contribution is -2.17. The van der Waals surface area contributed by atoms with E-state index in [-0.39, 0.29) is 10.6 Å². The van der Waals surface area contributed by atoms with Gasteiger partial charge in [0.15, 0.2) is 0 Å². The van der Waals surface area contributed by atoms with Gasteiger partial charge in [0.25, 0.3) is 0 Å². The van der Waals surface area contributed by atoms with Crippen molar-refractivity contribution in [2.75, 3.05) is 0 Å². The third kappa shape index (κ3) is 3.39. The molecule has 0 amide bonds. The molecule has 0 aliphatic rings. The normalized spacial score (nSPS) is 11.5. The number of rotatable bonds is 2. The zero-order chi connectivity index (χ0) is 10.8. The highest BCUT2D eigenvalue weighted by Gasteiger charge is 2.32. The predicted octanol–water partition coefficient (Wildman–Crippen LogP) is 3.31. The average molecular weight is 288 g/mol. The summed E-state index contributed by atoms with van der Waals surface area (Å²) in [5.74, 6) is -0.306. The molecular weight excluding hydrogens is 283 g/mol. The molecule has 0 radical (unpaired) electrons. The van der Waals surface area contributed by atoms with Crippen LogP contribution >= 0.6 is 27.9 Å². The minimum atomic E-state index is -4.70. The van der Waals surface area contributed by atoms with Crippen LogP contribution < -0.4 is 9.88 Å². The minimum Gasteiger partial charge on any atom is -0.405 e. The monoisotopic (exact) mass is 287 g/mol. The van der Waals surface area contributed by atoms with Gasteiger partial charge < -0.3 is 4.74 Å². The number of hydrogen-bond acceptors (Lipinski definition) is 3. The van der Waals surface area contributed by atoms with Gasteiger partial charge >= 0.3 is 6.36 Å². The lowest BCUT2D eigenvalue weighted by molar-refractivity contribution is -0.275. The van der Waals surface area contributed by atoms with Crippen molar-refractivity contribution in [1.29, 1.82) is 0 Å². The highest BCUT2D eigenvalue weighted by molar-refractivity contribution is 9.10. The minimum absolute atomic E-state index is 0.227. The molecule has 0 aliphatic carbocycles. The Morgan fingerprint density at radius 2 is 2.00 bits per heavy atom. The third-order valence-electron chi connectivity index (χ3n) is 1.26. The first-order valence-electron chi connectivity index (χ1n) is 3.34. The van der Waals surface area contributed by atoms with Crippen molar-refractivity contribution in [3.8, 4) is 5.75 Å². The van der Waals surface area contributed by atoms with E-state index >= 15 is 0 Å². The molecule has 1 aromatic rings. The van der Waals surface area contributed by atoms with Gasteiger partial charge in [-0.25, -0.2) is 0 Å². The van der Waals surface area contributed by atoms with E-state index in [9.17, 15) is 13.2 Å². The summed E-state index contributed by atoms with van der Waals surface area (Å²) in [5, 5.41) is 5.17. The van der Waals surface area contributed by atoms with Crippen molar-refractivity contribution in [2.24, 2.45) is 5.14 Å². The molecule has 0 atom stereocenters. The van der Waals surface area contributed by atoms with Crippen molar-refractivity contribution in [3.05, 3.63) is 22.7 Å². The fourth-order valence-electron chi connectivity index (χ4n) is 0.784. The van der Waals surface area contributed by atoms with Crippen LogP contribution in [0.1, 0.15) is 0 Å². The van der Waals surface area contributed by atoms with Gasteiger partial charge in [0, 0.05) is 4.47 Å². The van der Waals surface area contributed by atoms with Crippen LogP contribution in [0, 0.1) is 0 Å². The summed E-state index contributed by atoms with van der Waals surface area (Å²) in [7, 11) is 0. The Labute approximate surface area is 90.9 Å². The third-order valence-corrected chi connectivity index (χ3v) is 2.34. The van der Waals surface area contributed by atoms with Gasteiger partial charge in [-0.1, -0.05) is 15.9 Å². The Bertz CT molecular complexity index is 331. The first-order valence-corrected chi connectivity index (χ1v) is 5.01. The maximum absolute atomic E-state index is 11.9. The number of hydrogen-bond donors (Lipinski definition) is 1. The number of halogens is 4. The number of ether oxygens (including phenoxy) is 1. The molecule has 14 heavy (non-hydrogen) atoms. The second-order valence-electron chi connectivity index (χ2n) is 2.26. The summed E-state index contributed by atoms with van der Waals surface area (Å²) < 4.78 is 40.0. The second kappa shape index (κ2) is 4.41. The Morgan fingerprint density at radius 1 is 1.36 bits per heavy atom. The molecule has 0 saturated carbocycles. The van der Waals surface area contributed by atoms with Crippen LogP contribution in [-0.2, 0) is 0 Å². The van der Waals surface area contributed by atoms with Crippen LogP contribution in [0.2, 0.25) is 0 Å². The number of alkyl halides is 3. The van der Waals surface area contributed by atoms with Gasteiger partial charge in [-0.05, 0) is 30.1 Å². The summed E-state index contributed by atoms with van der Waals surface area (Å²) in [6.45, 7) is 0. The standard InChI is InChI=1S/C7H5BrF3NOS/c8-4-1-2-6(14-12)5(3-4)13-7(9,10)11/h1-3H,12H2. The van der Waals surface area contributed by atoms with E-state index < -0.39 is 6.36 Å². The highest BCUT2D eigenvalue weighted by Crippen LogP contribution is 2.33. The SMILES string of the molecule is NSc1ccc(Br)cc1OC(F)(F)F. The molecule has 0 heterocycles. The Hall–Kier alpha value is -0.400. The predicted molar refractivity (Wildman–Crippen MR) is 50.9 cm³/mol. The van der Waals surface area contributed by atoms with Gasteiger partial charge in [-0.15, -0.1) is 13.2 Å². The summed E-state index contributed by atoms with van der Waals surface area (Å²) in [5.41, 5.74) is 0.